The van der Waals surface area contributed by atoms with E-state index in [9.17, 15) is 38.4 Å². The number of benzene rings is 5. The topological polar surface area (TPSA) is 394 Å². The smallest absolute Gasteiger partial charge is 0.407 e. The first kappa shape index (κ1) is 86.3. The van der Waals surface area contributed by atoms with Gasteiger partial charge < -0.3 is 89.2 Å². The van der Waals surface area contributed by atoms with Crippen LogP contribution in [0.1, 0.15) is 174 Å². The fourth-order valence-corrected chi connectivity index (χ4v) is 19.4. The molecule has 32 nitrogen and oxygen atoms in total. The number of nitrogens with one attached hydrogen (secondary N) is 8. The molecule has 127 heavy (non-hydrogen) atoms. The van der Waals surface area contributed by atoms with Crippen LogP contribution < -0.4 is 21.3 Å². The number of H-pyrrole nitrogens is 4. The average Bonchev–Trinajstić information content (AvgIpc) is 1.56. The number of nitrogens with zero attached hydrogens (tertiary/aromatic N) is 10. The van der Waals surface area contributed by atoms with Gasteiger partial charge in [0.15, 0.2) is 0 Å². The van der Waals surface area contributed by atoms with Crippen LogP contribution in [0.25, 0.3) is 99.9 Å². The maximum atomic E-state index is 14.0. The summed E-state index contributed by atoms with van der Waals surface area (Å²) in [5, 5.41) is 15.1. The van der Waals surface area contributed by atoms with Gasteiger partial charge in [0.05, 0.1) is 116 Å². The standard InChI is InChI=1S/C47H55N9O7.C47H53N9O7.CH4.H2/c2*1-26(2)39(53-46(59)61-3)44(57)56-20-6-8-38(56)43-50-35-16-10-28-23-29(9-13-32(28)41(35)52-43)33-14-11-30-24-31(12-15-34(30)49-33)36-25-48-42(51-36)37-7-5-19-55(37)45(58)40(54-47(60)62-4)27-17-21-63-22-18-27;;/h9,11-15,23-27,37-40H,5-8,10,16-22H2,1-4H3,(H,48,51)(H,50,52)(H,53,59)(H,54,60);9-16,23-27,37-40H,5-8,17-22H2,1-4H3,(H,48,51)(H,50,52)(H,53,59)(H,54,60);1H4;1H/t2*37-,38-,39-,40-;;/m00../s1/i;;;1+1D. The van der Waals surface area contributed by atoms with E-state index < -0.39 is 48.5 Å². The van der Waals surface area contributed by atoms with Crippen LogP contribution in [-0.2, 0) is 60.4 Å². The minimum atomic E-state index is -0.702. The van der Waals surface area contributed by atoms with E-state index in [0.29, 0.717) is 84.1 Å². The number of alkyl carbamates (subject to hydrolysis) is 4. The zero-order valence-corrected chi connectivity index (χ0v) is 72.2. The largest absolute Gasteiger partial charge is 0.453 e. The van der Waals surface area contributed by atoms with Crippen molar-refractivity contribution in [2.75, 3.05) is 81.0 Å². The summed E-state index contributed by atoms with van der Waals surface area (Å²) in [5.41, 5.74) is 15.1. The second kappa shape index (κ2) is 38.2. The number of pyridine rings is 2. The van der Waals surface area contributed by atoms with Crippen molar-refractivity contribution in [3.63, 3.8) is 0 Å². The van der Waals surface area contributed by atoms with Gasteiger partial charge in [0, 0.05) is 105 Å². The number of imidazole rings is 4. The second-order valence-corrected chi connectivity index (χ2v) is 34.5. The minimum absolute atomic E-state index is 0. The monoisotopic (exact) mass is 1730 g/mol. The molecule has 6 aliphatic heterocycles. The minimum Gasteiger partial charge on any atom is -0.453 e. The predicted molar refractivity (Wildman–Crippen MR) is 479 cm³/mol. The molecule has 7 aliphatic rings. The molecule has 11 aromatic rings. The lowest BCUT2D eigenvalue weighted by Crippen LogP contribution is -2.53. The number of likely N-dealkylation sites (tertiary alicyclic amines) is 4. The lowest BCUT2D eigenvalue weighted by Gasteiger charge is -2.34. The molecule has 0 saturated carbocycles. The van der Waals surface area contributed by atoms with Crippen LogP contribution in [0.3, 0.4) is 0 Å². The van der Waals surface area contributed by atoms with Gasteiger partial charge in [-0.15, -0.1) is 0 Å². The maximum absolute atomic E-state index is 14.0. The molecule has 32 heteroatoms. The number of hydrogen-bond acceptors (Lipinski definition) is 20. The van der Waals surface area contributed by atoms with E-state index >= 15 is 0 Å². The van der Waals surface area contributed by atoms with E-state index in [1.165, 1.54) is 34.0 Å². The lowest BCUT2D eigenvalue weighted by molar-refractivity contribution is -0.137. The Kier molecular flexibility index (Phi) is 25.9. The molecule has 5 aromatic carbocycles. The molecule has 668 valence electrons. The molecule has 8 N–H and O–H groups in total. The van der Waals surface area contributed by atoms with Gasteiger partial charge in [-0.2, -0.15) is 0 Å². The van der Waals surface area contributed by atoms with Gasteiger partial charge in [0.1, 0.15) is 47.5 Å². The number of carbonyl (C=O) groups is 8. The van der Waals surface area contributed by atoms with Crippen LogP contribution >= 0.6 is 0 Å². The fraction of sp³-hybridized carbons (Fsp3) is 0.453. The third-order valence-corrected chi connectivity index (χ3v) is 26.2. The Bertz CT molecular complexity index is 5940. The van der Waals surface area contributed by atoms with Crippen molar-refractivity contribution in [1.29, 1.82) is 0 Å². The molecule has 12 heterocycles. The Morgan fingerprint density at radius 1 is 0.433 bits per heavy atom. The fourth-order valence-electron chi connectivity index (χ4n) is 19.4. The number of methoxy groups -OCH3 is 4. The van der Waals surface area contributed by atoms with E-state index in [0.717, 1.165) is 187 Å². The van der Waals surface area contributed by atoms with Crippen molar-refractivity contribution in [3.8, 4) is 56.3 Å². The molecule has 6 saturated heterocycles. The number of aryl methyl sites for hydroxylation is 2. The highest BCUT2D eigenvalue weighted by molar-refractivity contribution is 6.06. The molecule has 6 fully saturated rings. The number of amides is 8. The van der Waals surface area contributed by atoms with E-state index in [-0.39, 0.29) is 78.9 Å². The molecule has 8 amide bonds. The third-order valence-electron chi connectivity index (χ3n) is 26.2. The maximum Gasteiger partial charge on any atom is 0.407 e. The summed E-state index contributed by atoms with van der Waals surface area (Å²) in [6, 6.07) is 33.7. The first-order valence-corrected chi connectivity index (χ1v) is 44.0. The highest BCUT2D eigenvalue weighted by Gasteiger charge is 2.45. The summed E-state index contributed by atoms with van der Waals surface area (Å²) >= 11 is 0. The molecule has 6 aromatic heterocycles. The summed E-state index contributed by atoms with van der Waals surface area (Å²) in [7, 11) is 5.21. The molecule has 1 aliphatic carbocycles. The highest BCUT2D eigenvalue weighted by Crippen LogP contribution is 2.43. The molecule has 8 atom stereocenters. The van der Waals surface area contributed by atoms with Crippen molar-refractivity contribution in [1.82, 2.24) is 90.7 Å². The van der Waals surface area contributed by atoms with Gasteiger partial charge in [-0.3, -0.25) is 19.2 Å². The zero-order valence-electron chi connectivity index (χ0n) is 74.2. The zero-order chi connectivity index (χ0) is 89.6. The number of aromatic amines is 4. The lowest BCUT2D eigenvalue weighted by atomic mass is 9.90. The Hall–Kier alpha value is -12.8. The molecular formula is C95H114N18O14. The Balaban J connectivity index is 0.000000193. The number of fused-ring (bicyclic) bond motifs is 8. The summed E-state index contributed by atoms with van der Waals surface area (Å²) < 4.78 is 40.4. The number of aromatic nitrogens is 10. The Morgan fingerprint density at radius 2 is 0.850 bits per heavy atom. The first-order valence-electron chi connectivity index (χ1n) is 45.0. The Labute approximate surface area is 739 Å². The van der Waals surface area contributed by atoms with Gasteiger partial charge in [-0.1, -0.05) is 89.7 Å². The van der Waals surface area contributed by atoms with Gasteiger partial charge in [-0.05, 0) is 179 Å². The van der Waals surface area contributed by atoms with Crippen LogP contribution in [0.2, 0.25) is 0 Å². The van der Waals surface area contributed by atoms with Crippen LogP contribution in [0, 0.1) is 23.7 Å². The molecule has 0 radical (unpaired) electrons. The number of ether oxygens (including phenoxy) is 6. The quantitative estimate of drug-likeness (QED) is 0.0329. The third kappa shape index (κ3) is 18.2. The second-order valence-electron chi connectivity index (χ2n) is 34.5. The van der Waals surface area contributed by atoms with Crippen LogP contribution in [0.4, 0.5) is 19.2 Å². The van der Waals surface area contributed by atoms with Crippen molar-refractivity contribution in [2.45, 2.75) is 173 Å². The number of rotatable bonds is 20. The normalized spacial score (nSPS) is 19.4. The predicted octanol–water partition coefficient (Wildman–Crippen LogP) is 14.7. The average molecular weight is 1730 g/mol. The van der Waals surface area contributed by atoms with Crippen molar-refractivity contribution in [3.05, 3.63) is 156 Å². The number of carbonyl (C=O) groups excluding carboxylic acids is 8. The summed E-state index contributed by atoms with van der Waals surface area (Å²) in [6.45, 7) is 12.2. The SMILES string of the molecule is C.COC(=O)N[C@H](C(=O)N1CCC[C@H]1c1nc2c([nH]1)CCc1cc(-c3ccc4cc(-c5cnc([C@@H]6CCCN6C(=O)[C@@H](NC(=O)OC)C6CCOCC6)[nH]5)ccc4n3)ccc1-2)C(C)C.COC(=O)N[C@H](C(=O)N1CCC[C@H]1c1nc2c(ccc3cc(-c4ccc5cc(-c6cnc([C@@H]7CCCN7C(=O)[C@@H](NC(=O)OC)C7CCOCC7)[nH]6)ccc5n4)ccc32)[nH]1)C(C)C.[2H][2H]. The van der Waals surface area contributed by atoms with Gasteiger partial charge >= 0.3 is 24.4 Å². The van der Waals surface area contributed by atoms with E-state index in [4.69, 9.17) is 61.3 Å². The van der Waals surface area contributed by atoms with Gasteiger partial charge in [-0.25, -0.2) is 49.1 Å². The molecular weight excluding hydrogens is 1620 g/mol. The summed E-state index contributed by atoms with van der Waals surface area (Å²) in [4.78, 5) is 155. The molecule has 0 spiro atoms. The van der Waals surface area contributed by atoms with Crippen LogP contribution in [0.15, 0.2) is 122 Å². The van der Waals surface area contributed by atoms with E-state index in [2.05, 4.69) is 114 Å². The Morgan fingerprint density at radius 3 is 1.32 bits per heavy atom. The van der Waals surface area contributed by atoms with Gasteiger partial charge in [0.2, 0.25) is 23.6 Å². The van der Waals surface area contributed by atoms with Crippen molar-refractivity contribution >= 4 is 91.6 Å². The highest BCUT2D eigenvalue weighted by atomic mass is 16.6. The summed E-state index contributed by atoms with van der Waals surface area (Å²) in [6.07, 6.45) is 12.0. The molecule has 0 bridgehead atoms. The van der Waals surface area contributed by atoms with Crippen molar-refractivity contribution in [2.24, 2.45) is 23.7 Å². The summed E-state index contributed by atoms with van der Waals surface area (Å²) in [5.74, 6) is 2.15. The number of hydrogen-bond donors (Lipinski definition) is 8. The molecule has 18 rings (SSSR count). The van der Waals surface area contributed by atoms with Gasteiger partial charge in [0.25, 0.3) is 0 Å². The molecule has 0 unspecified atom stereocenters. The van der Waals surface area contributed by atoms with Crippen LogP contribution in [0.5, 0.6) is 0 Å². The van der Waals surface area contributed by atoms with E-state index in [1.807, 2.05) is 96.1 Å². The van der Waals surface area contributed by atoms with Crippen LogP contribution in [-0.4, -0.2) is 223 Å². The first-order chi connectivity index (χ1) is 62.2. The van der Waals surface area contributed by atoms with E-state index in [1.54, 1.807) is 0 Å². The van der Waals surface area contributed by atoms with Crippen molar-refractivity contribution < 1.29 is 69.7 Å².